The van der Waals surface area contributed by atoms with Crippen molar-refractivity contribution in [2.24, 2.45) is 11.8 Å². The summed E-state index contributed by atoms with van der Waals surface area (Å²) in [5, 5.41) is 7.12. The lowest BCUT2D eigenvalue weighted by molar-refractivity contribution is -0.117. The van der Waals surface area contributed by atoms with E-state index in [1.54, 1.807) is 11.3 Å². The standard InChI is InChI=1S/C15H25N3OS/c1-4-13-11(3)20-15(17-13)18-14(19)8-10(2)12-6-5-7-16-9-12/h10,12,16H,4-9H2,1-3H3,(H,17,18,19). The largest absolute Gasteiger partial charge is 0.316 e. The summed E-state index contributed by atoms with van der Waals surface area (Å²) in [6, 6.07) is 0. The van der Waals surface area contributed by atoms with E-state index < -0.39 is 0 Å². The Morgan fingerprint density at radius 1 is 1.60 bits per heavy atom. The van der Waals surface area contributed by atoms with E-state index in [0.717, 1.165) is 30.3 Å². The number of hydrogen-bond donors (Lipinski definition) is 2. The molecular weight excluding hydrogens is 270 g/mol. The van der Waals surface area contributed by atoms with E-state index in [4.69, 9.17) is 0 Å². The molecule has 1 aromatic rings. The summed E-state index contributed by atoms with van der Waals surface area (Å²) < 4.78 is 0. The van der Waals surface area contributed by atoms with Gasteiger partial charge in [-0.15, -0.1) is 11.3 Å². The third-order valence-electron chi connectivity index (χ3n) is 4.12. The number of aromatic nitrogens is 1. The zero-order chi connectivity index (χ0) is 14.5. The van der Waals surface area contributed by atoms with E-state index in [1.165, 1.54) is 17.7 Å². The van der Waals surface area contributed by atoms with Gasteiger partial charge in [0.1, 0.15) is 0 Å². The van der Waals surface area contributed by atoms with Crippen molar-refractivity contribution in [2.45, 2.75) is 46.5 Å². The minimum Gasteiger partial charge on any atom is -0.316 e. The Morgan fingerprint density at radius 3 is 3.00 bits per heavy atom. The Bertz CT molecular complexity index is 452. The highest BCUT2D eigenvalue weighted by Gasteiger charge is 2.22. The molecule has 20 heavy (non-hydrogen) atoms. The van der Waals surface area contributed by atoms with Crippen molar-refractivity contribution in [1.29, 1.82) is 0 Å². The Hall–Kier alpha value is -0.940. The topological polar surface area (TPSA) is 54.0 Å². The first-order valence-electron chi connectivity index (χ1n) is 7.57. The second-order valence-electron chi connectivity index (χ2n) is 5.71. The highest BCUT2D eigenvalue weighted by atomic mass is 32.1. The summed E-state index contributed by atoms with van der Waals surface area (Å²) in [6.07, 6.45) is 3.97. The van der Waals surface area contributed by atoms with Crippen LogP contribution >= 0.6 is 11.3 Å². The molecule has 0 aromatic carbocycles. The second-order valence-corrected chi connectivity index (χ2v) is 6.91. The molecule has 2 heterocycles. The van der Waals surface area contributed by atoms with Crippen molar-refractivity contribution in [3.05, 3.63) is 10.6 Å². The number of carbonyl (C=O) groups is 1. The van der Waals surface area contributed by atoms with Crippen LogP contribution in [0.15, 0.2) is 0 Å². The molecule has 1 aromatic heterocycles. The number of piperidine rings is 1. The lowest BCUT2D eigenvalue weighted by Crippen LogP contribution is -2.34. The third-order valence-corrected chi connectivity index (χ3v) is 5.05. The van der Waals surface area contributed by atoms with Gasteiger partial charge >= 0.3 is 0 Å². The number of aryl methyl sites for hydroxylation is 2. The normalized spacial score (nSPS) is 20.6. The van der Waals surface area contributed by atoms with Crippen molar-refractivity contribution >= 4 is 22.4 Å². The Balaban J connectivity index is 1.84. The van der Waals surface area contributed by atoms with Crippen LogP contribution in [-0.4, -0.2) is 24.0 Å². The van der Waals surface area contributed by atoms with Crippen LogP contribution in [0.2, 0.25) is 0 Å². The van der Waals surface area contributed by atoms with E-state index in [1.807, 2.05) is 0 Å². The molecule has 2 unspecified atom stereocenters. The number of hydrogen-bond acceptors (Lipinski definition) is 4. The molecule has 1 aliphatic heterocycles. The molecule has 4 nitrogen and oxygen atoms in total. The van der Waals surface area contributed by atoms with Gasteiger partial charge < -0.3 is 10.6 Å². The molecule has 0 bridgehead atoms. The van der Waals surface area contributed by atoms with Gasteiger partial charge in [0.2, 0.25) is 5.91 Å². The van der Waals surface area contributed by atoms with Crippen molar-refractivity contribution in [3.63, 3.8) is 0 Å². The molecule has 1 fully saturated rings. The van der Waals surface area contributed by atoms with Crippen molar-refractivity contribution in [2.75, 3.05) is 18.4 Å². The predicted molar refractivity (Wildman–Crippen MR) is 84.2 cm³/mol. The summed E-state index contributed by atoms with van der Waals surface area (Å²) in [6.45, 7) is 8.49. The Kier molecular flexibility index (Phi) is 5.54. The minimum atomic E-state index is 0.0967. The van der Waals surface area contributed by atoms with Crippen LogP contribution in [0, 0.1) is 18.8 Å². The predicted octanol–water partition coefficient (Wildman–Crippen LogP) is 2.98. The number of nitrogens with zero attached hydrogens (tertiary/aromatic N) is 1. The van der Waals surface area contributed by atoms with E-state index >= 15 is 0 Å². The van der Waals surface area contributed by atoms with Crippen LogP contribution in [0.25, 0.3) is 0 Å². The van der Waals surface area contributed by atoms with E-state index in [-0.39, 0.29) is 5.91 Å². The maximum Gasteiger partial charge on any atom is 0.226 e. The van der Waals surface area contributed by atoms with Gasteiger partial charge in [-0.3, -0.25) is 4.79 Å². The SMILES string of the molecule is CCc1nc(NC(=O)CC(C)C2CCCNC2)sc1C. The first-order chi connectivity index (χ1) is 9.60. The van der Waals surface area contributed by atoms with Crippen molar-refractivity contribution in [3.8, 4) is 0 Å². The van der Waals surface area contributed by atoms with Crippen LogP contribution in [0.3, 0.4) is 0 Å². The molecule has 0 aliphatic carbocycles. The molecule has 1 aliphatic rings. The molecule has 2 rings (SSSR count). The zero-order valence-corrected chi connectivity index (χ0v) is 13.5. The van der Waals surface area contributed by atoms with Gasteiger partial charge in [0.05, 0.1) is 5.69 Å². The van der Waals surface area contributed by atoms with E-state index in [2.05, 4.69) is 36.4 Å². The minimum absolute atomic E-state index is 0.0967. The van der Waals surface area contributed by atoms with Gasteiger partial charge in [0.15, 0.2) is 5.13 Å². The van der Waals surface area contributed by atoms with Gasteiger partial charge in [0.25, 0.3) is 0 Å². The number of thiazole rings is 1. The van der Waals surface area contributed by atoms with Crippen molar-refractivity contribution in [1.82, 2.24) is 10.3 Å². The maximum atomic E-state index is 12.1. The van der Waals surface area contributed by atoms with E-state index in [9.17, 15) is 4.79 Å². The average Bonchev–Trinajstić information content (AvgIpc) is 2.79. The van der Waals surface area contributed by atoms with Gasteiger partial charge in [-0.1, -0.05) is 13.8 Å². The van der Waals surface area contributed by atoms with Crippen LogP contribution in [-0.2, 0) is 11.2 Å². The van der Waals surface area contributed by atoms with Gasteiger partial charge in [-0.25, -0.2) is 4.98 Å². The molecular formula is C15H25N3OS. The van der Waals surface area contributed by atoms with Crippen molar-refractivity contribution < 1.29 is 4.79 Å². The molecule has 1 saturated heterocycles. The van der Waals surface area contributed by atoms with Crippen LogP contribution in [0.4, 0.5) is 5.13 Å². The number of rotatable bonds is 5. The van der Waals surface area contributed by atoms with Crippen LogP contribution in [0.5, 0.6) is 0 Å². The maximum absolute atomic E-state index is 12.1. The first kappa shape index (κ1) is 15.4. The quantitative estimate of drug-likeness (QED) is 0.878. The molecule has 5 heteroatoms. The molecule has 1 amide bonds. The van der Waals surface area contributed by atoms with Gasteiger partial charge in [-0.2, -0.15) is 0 Å². The summed E-state index contributed by atoms with van der Waals surface area (Å²) in [5.41, 5.74) is 1.09. The fraction of sp³-hybridized carbons (Fsp3) is 0.733. The number of nitrogens with one attached hydrogen (secondary N) is 2. The lowest BCUT2D eigenvalue weighted by atomic mass is 9.85. The summed E-state index contributed by atoms with van der Waals surface area (Å²) >= 11 is 1.57. The molecule has 2 atom stereocenters. The highest BCUT2D eigenvalue weighted by molar-refractivity contribution is 7.15. The number of carbonyl (C=O) groups excluding carboxylic acids is 1. The number of anilines is 1. The van der Waals surface area contributed by atoms with Crippen LogP contribution in [0.1, 0.15) is 43.7 Å². The lowest BCUT2D eigenvalue weighted by Gasteiger charge is -2.27. The monoisotopic (exact) mass is 295 g/mol. The summed E-state index contributed by atoms with van der Waals surface area (Å²) in [7, 11) is 0. The smallest absolute Gasteiger partial charge is 0.226 e. The fourth-order valence-electron chi connectivity index (χ4n) is 2.80. The van der Waals surface area contributed by atoms with Crippen LogP contribution < -0.4 is 10.6 Å². The fourth-order valence-corrected chi connectivity index (χ4v) is 3.72. The molecule has 112 valence electrons. The first-order valence-corrected chi connectivity index (χ1v) is 8.38. The second kappa shape index (κ2) is 7.18. The molecule has 2 N–H and O–H groups in total. The van der Waals surface area contributed by atoms with Gasteiger partial charge in [-0.05, 0) is 51.1 Å². The molecule has 0 saturated carbocycles. The zero-order valence-electron chi connectivity index (χ0n) is 12.7. The third kappa shape index (κ3) is 4.03. The number of amides is 1. The van der Waals surface area contributed by atoms with Gasteiger partial charge in [0, 0.05) is 11.3 Å². The summed E-state index contributed by atoms with van der Waals surface area (Å²) in [4.78, 5) is 17.8. The van der Waals surface area contributed by atoms with E-state index in [0.29, 0.717) is 18.3 Å². The molecule has 0 spiro atoms. The average molecular weight is 295 g/mol. The Morgan fingerprint density at radius 2 is 2.40 bits per heavy atom. The molecule has 0 radical (unpaired) electrons. The Labute approximate surface area is 125 Å². The summed E-state index contributed by atoms with van der Waals surface area (Å²) in [5.74, 6) is 1.15. The highest BCUT2D eigenvalue weighted by Crippen LogP contribution is 2.25.